The third-order valence-electron chi connectivity index (χ3n) is 4.50. The maximum absolute atomic E-state index is 13.0. The number of methoxy groups -OCH3 is 1. The van der Waals surface area contributed by atoms with Crippen molar-refractivity contribution < 1.29 is 23.8 Å². The summed E-state index contributed by atoms with van der Waals surface area (Å²) in [4.78, 5) is 24.5. The van der Waals surface area contributed by atoms with Gasteiger partial charge >= 0.3 is 0 Å². The number of hydrogen-bond donors (Lipinski definition) is 3. The van der Waals surface area contributed by atoms with E-state index in [1.165, 1.54) is 31.4 Å². The lowest BCUT2D eigenvalue weighted by Crippen LogP contribution is -2.31. The SMILES string of the molecule is COc1cc(C2CC(=O)NC(SCC(=O)Nc3ccc(F)cc3)=C2C#N)cc(Br)c1O. The molecular weight excluding hydrogens is 489 g/mol. The third-order valence-corrected chi connectivity index (χ3v) is 6.13. The molecule has 160 valence electrons. The van der Waals surface area contributed by atoms with Gasteiger partial charge < -0.3 is 20.5 Å². The van der Waals surface area contributed by atoms with Gasteiger partial charge in [-0.3, -0.25) is 9.59 Å². The van der Waals surface area contributed by atoms with E-state index in [2.05, 4.69) is 32.6 Å². The van der Waals surface area contributed by atoms with Crippen LogP contribution < -0.4 is 15.4 Å². The summed E-state index contributed by atoms with van der Waals surface area (Å²) in [5.41, 5.74) is 1.36. The van der Waals surface area contributed by atoms with Gasteiger partial charge in [0.1, 0.15) is 5.82 Å². The maximum atomic E-state index is 13.0. The normalized spacial score (nSPS) is 15.8. The van der Waals surface area contributed by atoms with Gasteiger partial charge in [-0.1, -0.05) is 11.8 Å². The molecule has 1 heterocycles. The van der Waals surface area contributed by atoms with Crippen LogP contribution in [0.15, 0.2) is 51.5 Å². The van der Waals surface area contributed by atoms with Gasteiger partial charge in [0.25, 0.3) is 0 Å². The largest absolute Gasteiger partial charge is 0.503 e. The second kappa shape index (κ2) is 9.85. The zero-order valence-corrected chi connectivity index (χ0v) is 18.6. The van der Waals surface area contributed by atoms with Crippen LogP contribution in [0.1, 0.15) is 17.9 Å². The molecule has 0 radical (unpaired) electrons. The monoisotopic (exact) mass is 505 g/mol. The summed E-state index contributed by atoms with van der Waals surface area (Å²) in [7, 11) is 1.40. The first-order chi connectivity index (χ1) is 14.8. The van der Waals surface area contributed by atoms with Gasteiger partial charge in [-0.05, 0) is 57.9 Å². The van der Waals surface area contributed by atoms with E-state index >= 15 is 0 Å². The molecule has 2 aromatic carbocycles. The summed E-state index contributed by atoms with van der Waals surface area (Å²) in [6, 6.07) is 10.7. The summed E-state index contributed by atoms with van der Waals surface area (Å²) in [5, 5.41) is 25.4. The van der Waals surface area contributed by atoms with E-state index in [1.807, 2.05) is 0 Å². The number of thioether (sulfide) groups is 1. The molecule has 0 bridgehead atoms. The molecule has 0 saturated carbocycles. The molecular formula is C21H17BrFN3O4S. The summed E-state index contributed by atoms with van der Waals surface area (Å²) in [6.07, 6.45) is 0.0368. The predicted octanol–water partition coefficient (Wildman–Crippen LogP) is 4.01. The lowest BCUT2D eigenvalue weighted by Gasteiger charge is -2.25. The van der Waals surface area contributed by atoms with Crippen molar-refractivity contribution in [3.8, 4) is 17.6 Å². The fourth-order valence-electron chi connectivity index (χ4n) is 3.04. The van der Waals surface area contributed by atoms with Crippen LogP contribution in [-0.2, 0) is 9.59 Å². The Morgan fingerprint density at radius 1 is 1.42 bits per heavy atom. The minimum absolute atomic E-state index is 0.0368. The van der Waals surface area contributed by atoms with Crippen molar-refractivity contribution in [2.45, 2.75) is 12.3 Å². The third kappa shape index (κ3) is 5.37. The van der Waals surface area contributed by atoms with Crippen molar-refractivity contribution in [2.24, 2.45) is 0 Å². The Labute approximate surface area is 190 Å². The van der Waals surface area contributed by atoms with E-state index in [1.54, 1.807) is 12.1 Å². The lowest BCUT2D eigenvalue weighted by atomic mass is 9.87. The number of benzene rings is 2. The second-order valence-corrected chi connectivity index (χ2v) is 8.40. The first-order valence-electron chi connectivity index (χ1n) is 9.01. The first-order valence-corrected chi connectivity index (χ1v) is 10.8. The highest BCUT2D eigenvalue weighted by atomic mass is 79.9. The molecule has 1 aliphatic rings. The molecule has 3 N–H and O–H groups in total. The van der Waals surface area contributed by atoms with Gasteiger partial charge in [0.15, 0.2) is 11.5 Å². The Balaban J connectivity index is 1.81. The molecule has 3 rings (SSSR count). The zero-order chi connectivity index (χ0) is 22.5. The number of anilines is 1. The van der Waals surface area contributed by atoms with Crippen LogP contribution >= 0.6 is 27.7 Å². The number of allylic oxidation sites excluding steroid dienone is 1. The van der Waals surface area contributed by atoms with Gasteiger partial charge in [-0.2, -0.15) is 5.26 Å². The molecule has 0 saturated heterocycles. The molecule has 7 nitrogen and oxygen atoms in total. The minimum Gasteiger partial charge on any atom is -0.503 e. The molecule has 1 unspecified atom stereocenters. The number of carbonyl (C=O) groups is 2. The number of nitrogens with zero attached hydrogens (tertiary/aromatic N) is 1. The number of rotatable bonds is 6. The second-order valence-electron chi connectivity index (χ2n) is 6.56. The minimum atomic E-state index is -0.563. The Morgan fingerprint density at radius 3 is 2.77 bits per heavy atom. The van der Waals surface area contributed by atoms with E-state index in [-0.39, 0.29) is 35.5 Å². The van der Waals surface area contributed by atoms with Crippen LogP contribution in [0.4, 0.5) is 10.1 Å². The van der Waals surface area contributed by atoms with Gasteiger partial charge in [0.2, 0.25) is 11.8 Å². The van der Waals surface area contributed by atoms with E-state index in [0.717, 1.165) is 11.8 Å². The molecule has 0 spiro atoms. The Morgan fingerprint density at radius 2 is 2.13 bits per heavy atom. The molecule has 0 aliphatic carbocycles. The molecule has 1 aliphatic heterocycles. The van der Waals surface area contributed by atoms with Crippen LogP contribution in [0.5, 0.6) is 11.5 Å². The van der Waals surface area contributed by atoms with Crippen molar-refractivity contribution in [1.82, 2.24) is 5.32 Å². The van der Waals surface area contributed by atoms with Gasteiger partial charge in [0, 0.05) is 18.0 Å². The first kappa shape index (κ1) is 22.7. The van der Waals surface area contributed by atoms with Crippen LogP contribution in [0.2, 0.25) is 0 Å². The molecule has 10 heteroatoms. The summed E-state index contributed by atoms with van der Waals surface area (Å²) >= 11 is 4.28. The van der Waals surface area contributed by atoms with Gasteiger partial charge in [-0.25, -0.2) is 4.39 Å². The van der Waals surface area contributed by atoms with Crippen LogP contribution in [0, 0.1) is 17.1 Å². The van der Waals surface area contributed by atoms with Crippen molar-refractivity contribution >= 4 is 45.2 Å². The van der Waals surface area contributed by atoms with Gasteiger partial charge in [-0.15, -0.1) is 0 Å². The molecule has 0 aromatic heterocycles. The number of nitrogens with one attached hydrogen (secondary N) is 2. The lowest BCUT2D eigenvalue weighted by molar-refractivity contribution is -0.121. The topological polar surface area (TPSA) is 111 Å². The fourth-order valence-corrected chi connectivity index (χ4v) is 4.37. The van der Waals surface area contributed by atoms with E-state index < -0.39 is 11.7 Å². The van der Waals surface area contributed by atoms with E-state index in [0.29, 0.717) is 26.3 Å². The summed E-state index contributed by atoms with van der Waals surface area (Å²) in [5.74, 6) is -1.58. The number of nitriles is 1. The fraction of sp³-hybridized carbons (Fsp3) is 0.190. The highest BCUT2D eigenvalue weighted by molar-refractivity contribution is 9.10. The van der Waals surface area contributed by atoms with Crippen molar-refractivity contribution in [3.05, 3.63) is 62.9 Å². The maximum Gasteiger partial charge on any atom is 0.234 e. The quantitative estimate of drug-likeness (QED) is 0.546. The number of carbonyl (C=O) groups excluding carboxylic acids is 2. The Hall–Kier alpha value is -3.03. The predicted molar refractivity (Wildman–Crippen MR) is 118 cm³/mol. The van der Waals surface area contributed by atoms with Crippen LogP contribution in [-0.4, -0.2) is 29.8 Å². The molecule has 31 heavy (non-hydrogen) atoms. The molecule has 2 aromatic rings. The highest BCUT2D eigenvalue weighted by Crippen LogP contribution is 2.42. The number of amides is 2. The Bertz CT molecular complexity index is 1100. The van der Waals surface area contributed by atoms with Crippen molar-refractivity contribution in [3.63, 3.8) is 0 Å². The molecule has 0 fully saturated rings. The zero-order valence-electron chi connectivity index (χ0n) is 16.2. The average Bonchev–Trinajstić information content (AvgIpc) is 2.75. The van der Waals surface area contributed by atoms with Crippen LogP contribution in [0.3, 0.4) is 0 Å². The Kier molecular flexibility index (Phi) is 7.20. The van der Waals surface area contributed by atoms with Crippen molar-refractivity contribution in [2.75, 3.05) is 18.2 Å². The number of phenolic OH excluding ortho intramolecular Hbond substituents is 1. The number of hydrogen-bond acceptors (Lipinski definition) is 6. The molecule has 1 atom stereocenters. The number of aromatic hydroxyl groups is 1. The smallest absolute Gasteiger partial charge is 0.234 e. The number of phenols is 1. The average molecular weight is 506 g/mol. The van der Waals surface area contributed by atoms with Crippen molar-refractivity contribution in [1.29, 1.82) is 5.26 Å². The van der Waals surface area contributed by atoms with E-state index in [9.17, 15) is 24.3 Å². The number of ether oxygens (including phenoxy) is 1. The standard InChI is InChI=1S/C21H17BrFN3O4S/c1-30-17-7-11(6-16(22)20(17)29)14-8-18(27)26-21(15(14)9-24)31-10-19(28)25-13-4-2-12(23)3-5-13/h2-7,14,29H,8,10H2,1H3,(H,25,28)(H,26,27). The summed E-state index contributed by atoms with van der Waals surface area (Å²) < 4.78 is 18.5. The summed E-state index contributed by atoms with van der Waals surface area (Å²) in [6.45, 7) is 0. The van der Waals surface area contributed by atoms with Gasteiger partial charge in [0.05, 0.1) is 34.0 Å². The van der Waals surface area contributed by atoms with Crippen LogP contribution in [0.25, 0.3) is 0 Å². The highest BCUT2D eigenvalue weighted by Gasteiger charge is 2.31. The molecule has 2 amide bonds. The number of halogens is 2. The van der Waals surface area contributed by atoms with E-state index in [4.69, 9.17) is 4.74 Å².